The van der Waals surface area contributed by atoms with Gasteiger partial charge in [-0.3, -0.25) is 4.79 Å². The Balaban J connectivity index is 1.79. The summed E-state index contributed by atoms with van der Waals surface area (Å²) in [6.07, 6.45) is 7.33. The van der Waals surface area contributed by atoms with Crippen LogP contribution in [0.1, 0.15) is 66.6 Å². The highest BCUT2D eigenvalue weighted by Gasteiger charge is 2.60. The third-order valence-corrected chi connectivity index (χ3v) is 6.96. The van der Waals surface area contributed by atoms with Crippen LogP contribution in [0.25, 0.3) is 0 Å². The first-order valence-electron chi connectivity index (χ1n) is 9.52. The van der Waals surface area contributed by atoms with E-state index in [4.69, 9.17) is 1.37 Å². The highest BCUT2D eigenvalue weighted by Crippen LogP contribution is 2.63. The Bertz CT molecular complexity index is 722. The first kappa shape index (κ1) is 14.1. The lowest BCUT2D eigenvalue weighted by atomic mass is 9.55. The summed E-state index contributed by atoms with van der Waals surface area (Å²) >= 11 is 0. The normalized spacial score (nSPS) is 46.0. The molecule has 0 aromatic carbocycles. The maximum atomic E-state index is 11.8. The summed E-state index contributed by atoms with van der Waals surface area (Å²) < 4.78 is 8.83. The van der Waals surface area contributed by atoms with E-state index in [0.29, 0.717) is 24.7 Å². The van der Waals surface area contributed by atoms with Crippen LogP contribution < -0.4 is 0 Å². The Labute approximate surface area is 140 Å². The van der Waals surface area contributed by atoms with Crippen LogP contribution in [0.5, 0.6) is 0 Å². The molecule has 122 valence electrons. The standard InChI is InChI=1S/C21H26O2/c1-3-10-21(23)12-9-19-18-6-4-14-13-15(22)5-7-16(14)17(18)8-11-20(19,21)2/h13,18-19,23H,4-9,11-12H2,1-2H3/t18-,19+,20+,21+/m1/s1/i8D/t8-,18-,19+,20+,21+. The fourth-order valence-electron chi connectivity index (χ4n) is 5.67. The highest BCUT2D eigenvalue weighted by atomic mass is 16.3. The van der Waals surface area contributed by atoms with Gasteiger partial charge in [-0.15, -0.1) is 5.92 Å². The van der Waals surface area contributed by atoms with Crippen LogP contribution in [0.2, 0.25) is 0 Å². The van der Waals surface area contributed by atoms with Crippen molar-refractivity contribution in [2.75, 3.05) is 0 Å². The fraction of sp³-hybridized carbons (Fsp3) is 0.667. The number of fused-ring (bicyclic) bond motifs is 4. The zero-order chi connectivity index (χ0) is 17.1. The van der Waals surface area contributed by atoms with Crippen molar-refractivity contribution in [3.05, 3.63) is 22.8 Å². The van der Waals surface area contributed by atoms with Gasteiger partial charge in [0.15, 0.2) is 5.78 Å². The molecule has 0 saturated heterocycles. The minimum atomic E-state index is -0.944. The minimum Gasteiger partial charge on any atom is -0.377 e. The average Bonchev–Trinajstić information content (AvgIpc) is 2.78. The van der Waals surface area contributed by atoms with Gasteiger partial charge < -0.3 is 5.11 Å². The number of carbonyl (C=O) groups excluding carboxylic acids is 1. The monoisotopic (exact) mass is 311 g/mol. The van der Waals surface area contributed by atoms with Crippen molar-refractivity contribution in [3.63, 3.8) is 0 Å². The van der Waals surface area contributed by atoms with Gasteiger partial charge in [0, 0.05) is 13.2 Å². The van der Waals surface area contributed by atoms with E-state index >= 15 is 0 Å². The molecule has 0 aromatic heterocycles. The Morgan fingerprint density at radius 1 is 1.30 bits per heavy atom. The molecule has 2 heteroatoms. The SMILES string of the molecule is [2H][C@@H]1C[C@@]2(C)[C@@H](CC[C@@]2(O)C#CC)[C@@H]2CCC3=CC(=O)CCC3=C12. The van der Waals surface area contributed by atoms with Gasteiger partial charge in [-0.2, -0.15) is 0 Å². The molecule has 0 aromatic rings. The third kappa shape index (κ3) is 2.02. The van der Waals surface area contributed by atoms with Gasteiger partial charge in [-0.05, 0) is 80.9 Å². The van der Waals surface area contributed by atoms with Crippen LogP contribution in [-0.2, 0) is 4.79 Å². The van der Waals surface area contributed by atoms with Crippen LogP contribution in [-0.4, -0.2) is 16.5 Å². The van der Waals surface area contributed by atoms with Gasteiger partial charge in [-0.1, -0.05) is 18.4 Å². The summed E-state index contributed by atoms with van der Waals surface area (Å²) in [5.41, 5.74) is 2.56. The van der Waals surface area contributed by atoms with Gasteiger partial charge in [0.05, 0.1) is 0 Å². The molecular formula is C21H26O2. The molecule has 0 bridgehead atoms. The largest absolute Gasteiger partial charge is 0.377 e. The molecule has 0 radical (unpaired) electrons. The summed E-state index contributed by atoms with van der Waals surface area (Å²) in [5, 5.41) is 11.2. The molecule has 0 heterocycles. The molecule has 2 saturated carbocycles. The zero-order valence-corrected chi connectivity index (χ0v) is 14.1. The summed E-state index contributed by atoms with van der Waals surface area (Å²) in [5.74, 6) is 7.05. The molecule has 2 fully saturated rings. The van der Waals surface area contributed by atoms with Crippen molar-refractivity contribution in [3.8, 4) is 11.8 Å². The molecule has 1 N–H and O–H groups in total. The predicted octanol–water partition coefficient (Wildman–Crippen LogP) is 3.95. The Morgan fingerprint density at radius 2 is 2.13 bits per heavy atom. The van der Waals surface area contributed by atoms with Gasteiger partial charge in [0.2, 0.25) is 0 Å². The summed E-state index contributed by atoms with van der Waals surface area (Å²) in [6.45, 7) is 3.95. The Kier molecular flexibility index (Phi) is 3.10. The molecule has 5 atom stereocenters. The van der Waals surface area contributed by atoms with Crippen molar-refractivity contribution in [2.45, 2.75) is 70.8 Å². The van der Waals surface area contributed by atoms with E-state index in [1.165, 1.54) is 16.7 Å². The van der Waals surface area contributed by atoms with Crippen LogP contribution in [0.15, 0.2) is 22.8 Å². The summed E-state index contributed by atoms with van der Waals surface area (Å²) in [4.78, 5) is 11.8. The van der Waals surface area contributed by atoms with E-state index in [9.17, 15) is 9.90 Å². The second-order valence-electron chi connectivity index (χ2n) is 7.92. The van der Waals surface area contributed by atoms with Crippen molar-refractivity contribution in [1.29, 1.82) is 0 Å². The number of ketones is 1. The summed E-state index contributed by atoms with van der Waals surface area (Å²) in [6, 6.07) is 0. The van der Waals surface area contributed by atoms with E-state index in [1.807, 2.05) is 6.08 Å². The predicted molar refractivity (Wildman–Crippen MR) is 90.5 cm³/mol. The maximum Gasteiger partial charge on any atom is 0.156 e. The lowest BCUT2D eigenvalue weighted by Crippen LogP contribution is -2.49. The van der Waals surface area contributed by atoms with E-state index in [0.717, 1.165) is 32.1 Å². The number of hydrogen-bond acceptors (Lipinski definition) is 2. The third-order valence-electron chi connectivity index (χ3n) is 6.96. The molecule has 23 heavy (non-hydrogen) atoms. The lowest BCUT2D eigenvalue weighted by Gasteiger charge is -2.50. The molecule has 4 aliphatic carbocycles. The maximum absolute atomic E-state index is 11.8. The first-order valence-corrected chi connectivity index (χ1v) is 8.95. The molecule has 4 rings (SSSR count). The number of aliphatic hydroxyl groups is 1. The van der Waals surface area contributed by atoms with E-state index in [-0.39, 0.29) is 17.6 Å². The van der Waals surface area contributed by atoms with Gasteiger partial charge >= 0.3 is 0 Å². The topological polar surface area (TPSA) is 37.3 Å². The number of allylic oxidation sites excluding steroid dienone is 4. The van der Waals surface area contributed by atoms with Crippen LogP contribution in [0.4, 0.5) is 0 Å². The first-order chi connectivity index (χ1) is 11.4. The number of carbonyl (C=O) groups is 1. The van der Waals surface area contributed by atoms with Crippen molar-refractivity contribution >= 4 is 5.78 Å². The zero-order valence-electron chi connectivity index (χ0n) is 15.1. The van der Waals surface area contributed by atoms with E-state index in [1.54, 1.807) is 6.92 Å². The lowest BCUT2D eigenvalue weighted by molar-refractivity contribution is -0.114. The number of hydrogen-bond donors (Lipinski definition) is 1. The van der Waals surface area contributed by atoms with Gasteiger partial charge in [-0.25, -0.2) is 0 Å². The average molecular weight is 311 g/mol. The van der Waals surface area contributed by atoms with Crippen molar-refractivity contribution in [2.24, 2.45) is 17.3 Å². The molecule has 0 amide bonds. The van der Waals surface area contributed by atoms with Crippen LogP contribution in [0.3, 0.4) is 0 Å². The van der Waals surface area contributed by atoms with E-state index in [2.05, 4.69) is 18.8 Å². The van der Waals surface area contributed by atoms with Crippen molar-refractivity contribution in [1.82, 2.24) is 0 Å². The van der Waals surface area contributed by atoms with Crippen LogP contribution in [0, 0.1) is 29.1 Å². The second kappa shape index (κ2) is 5.08. The fourth-order valence-corrected chi connectivity index (χ4v) is 5.67. The Hall–Kier alpha value is -1.33. The van der Waals surface area contributed by atoms with Crippen molar-refractivity contribution < 1.29 is 11.3 Å². The van der Waals surface area contributed by atoms with Gasteiger partial charge in [0.1, 0.15) is 5.60 Å². The minimum absolute atomic E-state index is 0.239. The summed E-state index contributed by atoms with van der Waals surface area (Å²) in [7, 11) is 0. The second-order valence-corrected chi connectivity index (χ2v) is 7.92. The number of rotatable bonds is 0. The smallest absolute Gasteiger partial charge is 0.156 e. The molecule has 2 nitrogen and oxygen atoms in total. The molecule has 0 unspecified atom stereocenters. The Morgan fingerprint density at radius 3 is 2.91 bits per heavy atom. The van der Waals surface area contributed by atoms with Crippen LogP contribution >= 0.6 is 0 Å². The van der Waals surface area contributed by atoms with E-state index < -0.39 is 5.60 Å². The highest BCUT2D eigenvalue weighted by molar-refractivity contribution is 5.93. The quantitative estimate of drug-likeness (QED) is 0.688. The molecule has 0 aliphatic heterocycles. The molecular weight excluding hydrogens is 284 g/mol. The molecule has 0 spiro atoms. The van der Waals surface area contributed by atoms with Gasteiger partial charge in [0.25, 0.3) is 0 Å². The molecule has 4 aliphatic rings.